The van der Waals surface area contributed by atoms with Crippen LogP contribution in [0.2, 0.25) is 0 Å². The molecular weight excluding hydrogens is 294 g/mol. The summed E-state index contributed by atoms with van der Waals surface area (Å²) in [6.07, 6.45) is 0. The molecule has 0 bridgehead atoms. The van der Waals surface area contributed by atoms with Crippen LogP contribution in [-0.4, -0.2) is 20.6 Å². The number of aryl methyl sites for hydroxylation is 2. The van der Waals surface area contributed by atoms with Gasteiger partial charge in [0.15, 0.2) is 0 Å². The first kappa shape index (κ1) is 15.4. The zero-order valence-corrected chi connectivity index (χ0v) is 12.8. The van der Waals surface area contributed by atoms with Crippen molar-refractivity contribution >= 4 is 15.7 Å². The van der Waals surface area contributed by atoms with Crippen LogP contribution in [0.5, 0.6) is 5.75 Å². The molecule has 0 aliphatic rings. The minimum atomic E-state index is -3.82. The van der Waals surface area contributed by atoms with Gasteiger partial charge in [0, 0.05) is 6.07 Å². The van der Waals surface area contributed by atoms with Gasteiger partial charge in [0.05, 0.1) is 12.8 Å². The van der Waals surface area contributed by atoms with Crippen LogP contribution in [-0.2, 0) is 16.6 Å². The van der Waals surface area contributed by atoms with Crippen LogP contribution < -0.4 is 9.46 Å². The third-order valence-corrected chi connectivity index (χ3v) is 4.44. The molecule has 1 aromatic heterocycles. The third kappa shape index (κ3) is 3.20. The van der Waals surface area contributed by atoms with Crippen LogP contribution in [0.25, 0.3) is 0 Å². The molecule has 0 spiro atoms. The minimum Gasteiger partial charge on any atom is -0.495 e. The van der Waals surface area contributed by atoms with E-state index >= 15 is 0 Å². The Morgan fingerprint density at radius 2 is 2.00 bits per heavy atom. The Labute approximate surface area is 123 Å². The largest absolute Gasteiger partial charge is 0.495 e. The molecule has 0 fully saturated rings. The highest BCUT2D eigenvalue weighted by Gasteiger charge is 2.22. The standard InChI is InChI=1S/C14H17NO5S/c1-9-4-5-13(19-3)12(6-9)15-21(17,18)14-7-11(8-16)20-10(14)2/h4-7,15-16H,8H2,1-3H3. The number of hydrogen-bond donors (Lipinski definition) is 2. The Morgan fingerprint density at radius 3 is 2.57 bits per heavy atom. The maximum Gasteiger partial charge on any atom is 0.265 e. The predicted octanol–water partition coefficient (Wildman–Crippen LogP) is 2.20. The lowest BCUT2D eigenvalue weighted by Gasteiger charge is -2.12. The van der Waals surface area contributed by atoms with Gasteiger partial charge in [0.25, 0.3) is 10.0 Å². The molecule has 0 radical (unpaired) electrons. The smallest absolute Gasteiger partial charge is 0.265 e. The van der Waals surface area contributed by atoms with Gasteiger partial charge in [-0.25, -0.2) is 8.42 Å². The van der Waals surface area contributed by atoms with Crippen LogP contribution in [0.15, 0.2) is 33.6 Å². The van der Waals surface area contributed by atoms with Crippen molar-refractivity contribution in [2.75, 3.05) is 11.8 Å². The number of anilines is 1. The number of rotatable bonds is 5. The Kier molecular flexibility index (Phi) is 4.24. The highest BCUT2D eigenvalue weighted by atomic mass is 32.2. The molecule has 1 aromatic carbocycles. The molecule has 2 N–H and O–H groups in total. The van der Waals surface area contributed by atoms with E-state index in [0.29, 0.717) is 11.4 Å². The van der Waals surface area contributed by atoms with E-state index in [0.717, 1.165) is 5.56 Å². The second kappa shape index (κ2) is 5.79. The molecule has 0 saturated carbocycles. The molecule has 0 atom stereocenters. The van der Waals surface area contributed by atoms with Gasteiger partial charge in [-0.05, 0) is 31.5 Å². The second-order valence-electron chi connectivity index (χ2n) is 4.60. The SMILES string of the molecule is COc1ccc(C)cc1NS(=O)(=O)c1cc(CO)oc1C. The highest BCUT2D eigenvalue weighted by molar-refractivity contribution is 7.92. The van der Waals surface area contributed by atoms with Crippen molar-refractivity contribution in [3.05, 3.63) is 41.3 Å². The molecule has 0 aliphatic heterocycles. The molecule has 0 unspecified atom stereocenters. The maximum absolute atomic E-state index is 12.4. The van der Waals surface area contributed by atoms with Gasteiger partial charge < -0.3 is 14.3 Å². The van der Waals surface area contributed by atoms with E-state index in [4.69, 9.17) is 14.3 Å². The van der Waals surface area contributed by atoms with Crippen molar-refractivity contribution in [2.24, 2.45) is 0 Å². The first-order valence-corrected chi connectivity index (χ1v) is 7.73. The lowest BCUT2D eigenvalue weighted by atomic mass is 10.2. The number of aliphatic hydroxyl groups excluding tert-OH is 1. The van der Waals surface area contributed by atoms with Gasteiger partial charge in [-0.1, -0.05) is 6.07 Å². The normalized spacial score (nSPS) is 11.4. The second-order valence-corrected chi connectivity index (χ2v) is 6.25. The first-order chi connectivity index (χ1) is 9.87. The number of aliphatic hydroxyl groups is 1. The Bertz CT molecular complexity index is 749. The molecule has 2 rings (SSSR count). The number of hydrogen-bond acceptors (Lipinski definition) is 5. The summed E-state index contributed by atoms with van der Waals surface area (Å²) in [6.45, 7) is 3.02. The average Bonchev–Trinajstić information content (AvgIpc) is 2.81. The van der Waals surface area contributed by atoms with Gasteiger partial charge in [-0.2, -0.15) is 0 Å². The summed E-state index contributed by atoms with van der Waals surface area (Å²) in [7, 11) is -2.35. The molecule has 1 heterocycles. The van der Waals surface area contributed by atoms with Crippen molar-refractivity contribution in [3.8, 4) is 5.75 Å². The number of sulfonamides is 1. The van der Waals surface area contributed by atoms with Gasteiger partial charge >= 0.3 is 0 Å². The van der Waals surface area contributed by atoms with Crippen LogP contribution in [0.3, 0.4) is 0 Å². The van der Waals surface area contributed by atoms with Crippen LogP contribution >= 0.6 is 0 Å². The fourth-order valence-corrected chi connectivity index (χ4v) is 3.24. The molecule has 6 nitrogen and oxygen atoms in total. The van der Waals surface area contributed by atoms with E-state index in [1.165, 1.54) is 20.1 Å². The summed E-state index contributed by atoms with van der Waals surface area (Å²) in [5.41, 5.74) is 1.25. The van der Waals surface area contributed by atoms with E-state index in [9.17, 15) is 8.42 Å². The molecule has 21 heavy (non-hydrogen) atoms. The minimum absolute atomic E-state index is 0.00453. The highest BCUT2D eigenvalue weighted by Crippen LogP contribution is 2.29. The van der Waals surface area contributed by atoms with Crippen LogP contribution in [0.4, 0.5) is 5.69 Å². The predicted molar refractivity (Wildman–Crippen MR) is 77.9 cm³/mol. The Balaban J connectivity index is 2.41. The van der Waals surface area contributed by atoms with E-state index in [-0.39, 0.29) is 23.0 Å². The van der Waals surface area contributed by atoms with Crippen molar-refractivity contribution in [1.82, 2.24) is 0 Å². The van der Waals surface area contributed by atoms with Crippen molar-refractivity contribution in [3.63, 3.8) is 0 Å². The van der Waals surface area contributed by atoms with Gasteiger partial charge in [0.1, 0.15) is 28.8 Å². The lowest BCUT2D eigenvalue weighted by molar-refractivity contribution is 0.245. The Morgan fingerprint density at radius 1 is 1.29 bits per heavy atom. The Hall–Kier alpha value is -1.99. The van der Waals surface area contributed by atoms with Crippen molar-refractivity contribution < 1.29 is 22.7 Å². The van der Waals surface area contributed by atoms with E-state index in [1.54, 1.807) is 12.1 Å². The summed E-state index contributed by atoms with van der Waals surface area (Å²) in [6, 6.07) is 6.50. The van der Waals surface area contributed by atoms with E-state index in [2.05, 4.69) is 4.72 Å². The summed E-state index contributed by atoms with van der Waals surface area (Å²) in [5, 5.41) is 9.02. The van der Waals surface area contributed by atoms with Crippen molar-refractivity contribution in [2.45, 2.75) is 25.3 Å². The maximum atomic E-state index is 12.4. The summed E-state index contributed by atoms with van der Waals surface area (Å²) >= 11 is 0. The van der Waals surface area contributed by atoms with E-state index < -0.39 is 10.0 Å². The van der Waals surface area contributed by atoms with Crippen LogP contribution in [0.1, 0.15) is 17.1 Å². The monoisotopic (exact) mass is 311 g/mol. The molecule has 0 aliphatic carbocycles. The zero-order valence-electron chi connectivity index (χ0n) is 12.0. The summed E-state index contributed by atoms with van der Waals surface area (Å²) < 4.78 is 37.6. The first-order valence-electron chi connectivity index (χ1n) is 6.25. The number of ether oxygens (including phenoxy) is 1. The third-order valence-electron chi connectivity index (χ3n) is 2.97. The fourth-order valence-electron chi connectivity index (χ4n) is 1.97. The zero-order chi connectivity index (χ0) is 15.6. The molecular formula is C14H17NO5S. The number of methoxy groups -OCH3 is 1. The summed E-state index contributed by atoms with van der Waals surface area (Å²) in [4.78, 5) is -0.00453. The van der Waals surface area contributed by atoms with Crippen molar-refractivity contribution in [1.29, 1.82) is 0 Å². The van der Waals surface area contributed by atoms with Gasteiger partial charge in [0.2, 0.25) is 0 Å². The molecule has 7 heteroatoms. The molecule has 114 valence electrons. The van der Waals surface area contributed by atoms with E-state index in [1.807, 2.05) is 13.0 Å². The number of nitrogens with one attached hydrogen (secondary N) is 1. The van der Waals surface area contributed by atoms with Gasteiger partial charge in [-0.3, -0.25) is 4.72 Å². The lowest BCUT2D eigenvalue weighted by Crippen LogP contribution is -2.14. The molecule has 0 saturated heterocycles. The molecule has 2 aromatic rings. The molecule has 0 amide bonds. The summed E-state index contributed by atoms with van der Waals surface area (Å²) in [5.74, 6) is 0.843. The number of furan rings is 1. The average molecular weight is 311 g/mol. The quantitative estimate of drug-likeness (QED) is 0.883. The van der Waals surface area contributed by atoms with Gasteiger partial charge in [-0.15, -0.1) is 0 Å². The fraction of sp³-hybridized carbons (Fsp3) is 0.286. The number of benzene rings is 1. The van der Waals surface area contributed by atoms with Crippen LogP contribution in [0, 0.1) is 13.8 Å². The topological polar surface area (TPSA) is 88.8 Å².